The van der Waals surface area contributed by atoms with Crippen molar-refractivity contribution in [2.24, 2.45) is 0 Å². The second-order valence-corrected chi connectivity index (χ2v) is 3.55. The topological polar surface area (TPSA) is 39.2 Å². The number of benzene rings is 1. The summed E-state index contributed by atoms with van der Waals surface area (Å²) in [6.45, 7) is 0. The number of carbonyl (C=O) groups excluding carboxylic acids is 1. The van der Waals surface area contributed by atoms with Crippen LogP contribution in [0.3, 0.4) is 0 Å². The van der Waals surface area contributed by atoms with E-state index in [4.69, 9.17) is 0 Å². The van der Waals surface area contributed by atoms with Crippen molar-refractivity contribution in [3.8, 4) is 11.1 Å². The zero-order valence-corrected chi connectivity index (χ0v) is 9.48. The summed E-state index contributed by atoms with van der Waals surface area (Å²) in [5.41, 5.74) is 0.113. The van der Waals surface area contributed by atoms with Crippen molar-refractivity contribution in [1.82, 2.24) is 4.98 Å². The van der Waals surface area contributed by atoms with Gasteiger partial charge in [0.05, 0.1) is 18.2 Å². The zero-order chi connectivity index (χ0) is 13.1. The van der Waals surface area contributed by atoms with Gasteiger partial charge in [-0.3, -0.25) is 4.98 Å². The number of rotatable bonds is 2. The van der Waals surface area contributed by atoms with Crippen molar-refractivity contribution < 1.29 is 18.3 Å². The maximum Gasteiger partial charge on any atom is 0.339 e. The van der Waals surface area contributed by atoms with E-state index in [9.17, 15) is 13.6 Å². The maximum absolute atomic E-state index is 13.6. The number of hydrogen-bond donors (Lipinski definition) is 0. The maximum atomic E-state index is 13.6. The van der Waals surface area contributed by atoms with Crippen LogP contribution in [0.4, 0.5) is 8.78 Å². The number of halogens is 2. The van der Waals surface area contributed by atoms with E-state index < -0.39 is 17.6 Å². The quantitative estimate of drug-likeness (QED) is 0.768. The third kappa shape index (κ3) is 2.20. The molecule has 2 aromatic rings. The Morgan fingerprint density at radius 1 is 1.22 bits per heavy atom. The first-order valence-electron chi connectivity index (χ1n) is 5.11. The molecule has 0 atom stereocenters. The Hall–Kier alpha value is -2.30. The van der Waals surface area contributed by atoms with Gasteiger partial charge in [0.15, 0.2) is 0 Å². The number of pyridine rings is 1. The fourth-order valence-electron chi connectivity index (χ4n) is 1.58. The van der Waals surface area contributed by atoms with Gasteiger partial charge in [-0.05, 0) is 18.2 Å². The predicted molar refractivity (Wildman–Crippen MR) is 60.9 cm³/mol. The van der Waals surface area contributed by atoms with Crippen LogP contribution < -0.4 is 0 Å². The van der Waals surface area contributed by atoms with E-state index in [0.29, 0.717) is 0 Å². The molecule has 0 unspecified atom stereocenters. The lowest BCUT2D eigenvalue weighted by Gasteiger charge is -2.06. The summed E-state index contributed by atoms with van der Waals surface area (Å²) >= 11 is 0. The average Bonchev–Trinajstić information content (AvgIpc) is 2.38. The molecule has 5 heteroatoms. The first kappa shape index (κ1) is 12.2. The van der Waals surface area contributed by atoms with E-state index in [1.165, 1.54) is 31.6 Å². The van der Waals surface area contributed by atoms with Crippen molar-refractivity contribution in [2.45, 2.75) is 0 Å². The molecule has 0 aliphatic rings. The van der Waals surface area contributed by atoms with Crippen LogP contribution in [0, 0.1) is 11.6 Å². The molecular formula is C13H9F2NO2. The summed E-state index contributed by atoms with van der Waals surface area (Å²) in [5.74, 6) is -2.03. The number of ether oxygens (including phenoxy) is 1. The fourth-order valence-corrected chi connectivity index (χ4v) is 1.58. The Labute approximate surface area is 102 Å². The Bertz CT molecular complexity index is 579. The SMILES string of the molecule is COC(=O)c1cncc(-c2c(F)cccc2F)c1. The normalized spacial score (nSPS) is 10.2. The molecule has 2 rings (SSSR count). The van der Waals surface area contributed by atoms with Gasteiger partial charge in [-0.2, -0.15) is 0 Å². The summed E-state index contributed by atoms with van der Waals surface area (Å²) < 4.78 is 31.7. The van der Waals surface area contributed by atoms with E-state index in [0.717, 1.165) is 12.1 Å². The van der Waals surface area contributed by atoms with Crippen molar-refractivity contribution in [2.75, 3.05) is 7.11 Å². The predicted octanol–water partition coefficient (Wildman–Crippen LogP) is 2.81. The van der Waals surface area contributed by atoms with Crippen molar-refractivity contribution in [3.05, 3.63) is 53.9 Å². The highest BCUT2D eigenvalue weighted by Gasteiger charge is 2.13. The van der Waals surface area contributed by atoms with Gasteiger partial charge in [-0.1, -0.05) is 6.07 Å². The Morgan fingerprint density at radius 2 is 1.89 bits per heavy atom. The van der Waals surface area contributed by atoms with Crippen molar-refractivity contribution >= 4 is 5.97 Å². The van der Waals surface area contributed by atoms with Crippen LogP contribution in [0.15, 0.2) is 36.7 Å². The van der Waals surface area contributed by atoms with Crippen molar-refractivity contribution in [1.29, 1.82) is 0 Å². The Kier molecular flexibility index (Phi) is 3.32. The summed E-state index contributed by atoms with van der Waals surface area (Å²) in [6, 6.07) is 4.89. The molecule has 0 spiro atoms. The minimum Gasteiger partial charge on any atom is -0.465 e. The van der Waals surface area contributed by atoms with Gasteiger partial charge in [-0.15, -0.1) is 0 Å². The largest absolute Gasteiger partial charge is 0.465 e. The van der Waals surface area contributed by atoms with Crippen LogP contribution in [0.2, 0.25) is 0 Å². The molecule has 0 saturated heterocycles. The van der Waals surface area contributed by atoms with Gasteiger partial charge >= 0.3 is 5.97 Å². The number of aromatic nitrogens is 1. The van der Waals surface area contributed by atoms with Gasteiger partial charge < -0.3 is 4.74 Å². The summed E-state index contributed by atoms with van der Waals surface area (Å²) in [5, 5.41) is 0. The molecule has 1 heterocycles. The van der Waals surface area contributed by atoms with E-state index >= 15 is 0 Å². The summed E-state index contributed by atoms with van der Waals surface area (Å²) in [4.78, 5) is 15.1. The lowest BCUT2D eigenvalue weighted by Crippen LogP contribution is -2.02. The molecule has 1 aromatic heterocycles. The minimum absolute atomic E-state index is 0.137. The lowest BCUT2D eigenvalue weighted by molar-refractivity contribution is 0.0600. The van der Waals surface area contributed by atoms with Crippen LogP contribution in [0.25, 0.3) is 11.1 Å². The van der Waals surface area contributed by atoms with E-state index in [1.54, 1.807) is 0 Å². The molecule has 1 aromatic carbocycles. The monoisotopic (exact) mass is 249 g/mol. The summed E-state index contributed by atoms with van der Waals surface area (Å²) in [6.07, 6.45) is 2.56. The van der Waals surface area contributed by atoms with Gasteiger partial charge in [0.1, 0.15) is 11.6 Å². The summed E-state index contributed by atoms with van der Waals surface area (Å²) in [7, 11) is 1.22. The molecule has 0 radical (unpaired) electrons. The Balaban J connectivity index is 2.55. The molecule has 3 nitrogen and oxygen atoms in total. The average molecular weight is 249 g/mol. The first-order valence-corrected chi connectivity index (χ1v) is 5.11. The first-order chi connectivity index (χ1) is 8.63. The molecular weight excluding hydrogens is 240 g/mol. The molecule has 92 valence electrons. The van der Waals surface area contributed by atoms with Gasteiger partial charge in [0.2, 0.25) is 0 Å². The van der Waals surface area contributed by atoms with Gasteiger partial charge in [0.25, 0.3) is 0 Å². The van der Waals surface area contributed by atoms with Crippen molar-refractivity contribution in [3.63, 3.8) is 0 Å². The molecule has 0 amide bonds. The highest BCUT2D eigenvalue weighted by atomic mass is 19.1. The van der Waals surface area contributed by atoms with Crippen LogP contribution >= 0.6 is 0 Å². The molecule has 18 heavy (non-hydrogen) atoms. The smallest absolute Gasteiger partial charge is 0.339 e. The van der Waals surface area contributed by atoms with Crippen LogP contribution in [0.1, 0.15) is 10.4 Å². The second kappa shape index (κ2) is 4.91. The van der Waals surface area contributed by atoms with Gasteiger partial charge in [0, 0.05) is 18.0 Å². The number of methoxy groups -OCH3 is 1. The number of carbonyl (C=O) groups is 1. The number of nitrogens with zero attached hydrogens (tertiary/aromatic N) is 1. The lowest BCUT2D eigenvalue weighted by atomic mass is 10.0. The Morgan fingerprint density at radius 3 is 2.50 bits per heavy atom. The molecule has 0 saturated carbocycles. The molecule has 0 fully saturated rings. The van der Waals surface area contributed by atoms with Gasteiger partial charge in [-0.25, -0.2) is 13.6 Å². The van der Waals surface area contributed by atoms with Crippen LogP contribution in [-0.4, -0.2) is 18.1 Å². The standard InChI is InChI=1S/C13H9F2NO2/c1-18-13(17)9-5-8(6-16-7-9)12-10(14)3-2-4-11(12)15/h2-7H,1H3. The van der Waals surface area contributed by atoms with E-state index in [1.807, 2.05) is 0 Å². The zero-order valence-electron chi connectivity index (χ0n) is 9.48. The molecule has 0 N–H and O–H groups in total. The molecule has 0 aliphatic carbocycles. The minimum atomic E-state index is -0.709. The second-order valence-electron chi connectivity index (χ2n) is 3.55. The third-order valence-electron chi connectivity index (χ3n) is 2.41. The van der Waals surface area contributed by atoms with Crippen LogP contribution in [0.5, 0.6) is 0 Å². The third-order valence-corrected chi connectivity index (χ3v) is 2.41. The fraction of sp³-hybridized carbons (Fsp3) is 0.0769. The van der Waals surface area contributed by atoms with E-state index in [2.05, 4.69) is 9.72 Å². The van der Waals surface area contributed by atoms with Crippen LogP contribution in [-0.2, 0) is 4.74 Å². The highest BCUT2D eigenvalue weighted by molar-refractivity contribution is 5.90. The van der Waals surface area contributed by atoms with E-state index in [-0.39, 0.29) is 16.7 Å². The number of hydrogen-bond acceptors (Lipinski definition) is 3. The highest BCUT2D eigenvalue weighted by Crippen LogP contribution is 2.25. The number of esters is 1. The molecule has 0 bridgehead atoms. The molecule has 0 aliphatic heterocycles.